The van der Waals surface area contributed by atoms with Crippen molar-refractivity contribution in [1.82, 2.24) is 5.32 Å². The second kappa shape index (κ2) is 58.2. The second-order valence-corrected chi connectivity index (χ2v) is 21.4. The summed E-state index contributed by atoms with van der Waals surface area (Å²) in [7, 11) is 0. The molecule has 0 saturated carbocycles. The average molecular weight is 961 g/mol. The molecule has 0 aromatic carbocycles. The van der Waals surface area contributed by atoms with Crippen LogP contribution >= 0.6 is 0 Å². The predicted molar refractivity (Wildman–Crippen MR) is 297 cm³/mol. The highest BCUT2D eigenvalue weighted by Gasteiger charge is 2.18. The third-order valence-corrected chi connectivity index (χ3v) is 14.6. The fourth-order valence-electron chi connectivity index (χ4n) is 9.81. The van der Waals surface area contributed by atoms with E-state index < -0.39 is 12.1 Å². The van der Waals surface area contributed by atoms with E-state index in [1.54, 1.807) is 6.08 Å². The van der Waals surface area contributed by atoms with Crippen LogP contribution in [0.4, 0.5) is 0 Å². The van der Waals surface area contributed by atoms with Crippen LogP contribution in [-0.4, -0.2) is 47.4 Å². The number of aliphatic hydroxyl groups is 2. The van der Waals surface area contributed by atoms with E-state index in [1.165, 1.54) is 263 Å². The number of esters is 1. The number of ether oxygens (including phenoxy) is 1. The van der Waals surface area contributed by atoms with Crippen molar-refractivity contribution < 1.29 is 24.5 Å². The number of carbonyl (C=O) groups is 2. The number of carbonyl (C=O) groups excluding carboxylic acids is 2. The molecule has 0 fully saturated rings. The van der Waals surface area contributed by atoms with Crippen molar-refractivity contribution >= 4 is 11.9 Å². The van der Waals surface area contributed by atoms with E-state index in [-0.39, 0.29) is 18.5 Å². The van der Waals surface area contributed by atoms with Gasteiger partial charge in [0.2, 0.25) is 5.91 Å². The van der Waals surface area contributed by atoms with Gasteiger partial charge in [0.05, 0.1) is 25.4 Å². The topological polar surface area (TPSA) is 95.9 Å². The lowest BCUT2D eigenvalue weighted by molar-refractivity contribution is -0.143. The first-order valence-electron chi connectivity index (χ1n) is 31.0. The molecule has 0 saturated heterocycles. The monoisotopic (exact) mass is 960 g/mol. The molecule has 0 radical (unpaired) electrons. The fourth-order valence-corrected chi connectivity index (χ4v) is 9.81. The lowest BCUT2D eigenvalue weighted by Gasteiger charge is -2.20. The lowest BCUT2D eigenvalue weighted by atomic mass is 10.0. The van der Waals surface area contributed by atoms with Crippen molar-refractivity contribution in [3.05, 3.63) is 12.2 Å². The molecule has 3 N–H and O–H groups in total. The summed E-state index contributed by atoms with van der Waals surface area (Å²) in [4.78, 5) is 24.6. The number of hydrogen-bond acceptors (Lipinski definition) is 5. The van der Waals surface area contributed by atoms with Gasteiger partial charge in [-0.1, -0.05) is 315 Å². The third-order valence-electron chi connectivity index (χ3n) is 14.6. The molecule has 0 spiro atoms. The van der Waals surface area contributed by atoms with Gasteiger partial charge in [-0.25, -0.2) is 0 Å². The number of aliphatic hydroxyl groups excluding tert-OH is 2. The summed E-state index contributed by atoms with van der Waals surface area (Å²) >= 11 is 0. The zero-order chi connectivity index (χ0) is 49.3. The van der Waals surface area contributed by atoms with Crippen molar-refractivity contribution in [2.24, 2.45) is 0 Å². The Bertz CT molecular complexity index is 1020. The highest BCUT2D eigenvalue weighted by atomic mass is 16.5. The van der Waals surface area contributed by atoms with Gasteiger partial charge in [0, 0.05) is 12.8 Å². The largest absolute Gasteiger partial charge is 0.466 e. The van der Waals surface area contributed by atoms with E-state index in [4.69, 9.17) is 4.74 Å². The van der Waals surface area contributed by atoms with E-state index >= 15 is 0 Å². The first-order chi connectivity index (χ1) is 33.5. The normalized spacial score (nSPS) is 12.6. The van der Waals surface area contributed by atoms with Gasteiger partial charge in [-0.15, -0.1) is 0 Å². The molecule has 0 aliphatic rings. The molecule has 1 amide bonds. The summed E-state index contributed by atoms with van der Waals surface area (Å²) in [5.74, 6) is -0.0922. The first kappa shape index (κ1) is 66.6. The maximum atomic E-state index is 12.5. The van der Waals surface area contributed by atoms with Crippen molar-refractivity contribution in [1.29, 1.82) is 0 Å². The summed E-state index contributed by atoms with van der Waals surface area (Å²) in [6.07, 6.45) is 69.6. The van der Waals surface area contributed by atoms with Crippen LogP contribution in [0.5, 0.6) is 0 Å². The SMILES string of the molecule is CCCCCCCCCCCCCCCCCCCCCC/C=C/C(O)C(CO)NC(=O)CCCCCCCCCCCCCOC(=O)CCCCCCCCCCCCCCCCCCCC. The zero-order valence-corrected chi connectivity index (χ0v) is 46.1. The molecule has 0 heterocycles. The molecule has 0 rings (SSSR count). The lowest BCUT2D eigenvalue weighted by Crippen LogP contribution is -2.45. The summed E-state index contributed by atoms with van der Waals surface area (Å²) in [5, 5.41) is 23.2. The molecular formula is C62H121NO5. The summed E-state index contributed by atoms with van der Waals surface area (Å²) in [6, 6.07) is -0.642. The highest BCUT2D eigenvalue weighted by molar-refractivity contribution is 5.76. The average Bonchev–Trinajstić information content (AvgIpc) is 3.34. The Kier molecular flexibility index (Phi) is 57.0. The van der Waals surface area contributed by atoms with Gasteiger partial charge in [-0.2, -0.15) is 0 Å². The Morgan fingerprint density at radius 2 is 0.676 bits per heavy atom. The van der Waals surface area contributed by atoms with Gasteiger partial charge in [0.15, 0.2) is 0 Å². The zero-order valence-electron chi connectivity index (χ0n) is 46.1. The fraction of sp³-hybridized carbons (Fsp3) is 0.935. The molecule has 0 bridgehead atoms. The standard InChI is InChI=1S/C62H121NO5/c1-3-5-7-9-11-13-15-17-19-21-23-24-25-26-27-29-31-34-38-42-46-50-54-60(65)59(58-64)63-61(66)55-51-47-43-39-35-33-37-41-45-49-53-57-68-62(67)56-52-48-44-40-36-32-30-28-22-20-18-16-14-12-10-8-6-4-2/h50,54,59-60,64-65H,3-49,51-53,55-58H2,1-2H3,(H,63,66)/b54-50+. The van der Waals surface area contributed by atoms with Crippen molar-refractivity contribution in [2.45, 2.75) is 360 Å². The quantitative estimate of drug-likeness (QED) is 0.0321. The maximum absolute atomic E-state index is 12.5. The molecule has 0 aromatic rings. The van der Waals surface area contributed by atoms with Gasteiger partial charge >= 0.3 is 5.97 Å². The number of rotatable bonds is 58. The predicted octanol–water partition coefficient (Wildman–Crippen LogP) is 19.2. The Morgan fingerprint density at radius 1 is 0.397 bits per heavy atom. The number of nitrogens with one attached hydrogen (secondary N) is 1. The maximum Gasteiger partial charge on any atom is 0.305 e. The van der Waals surface area contributed by atoms with E-state index in [9.17, 15) is 19.8 Å². The third kappa shape index (κ3) is 53.9. The van der Waals surface area contributed by atoms with Gasteiger partial charge < -0.3 is 20.3 Å². The Labute approximate surface area is 425 Å². The van der Waals surface area contributed by atoms with Gasteiger partial charge in [0.25, 0.3) is 0 Å². The minimum atomic E-state index is -0.857. The molecule has 68 heavy (non-hydrogen) atoms. The van der Waals surface area contributed by atoms with Gasteiger partial charge in [0.1, 0.15) is 0 Å². The van der Waals surface area contributed by atoms with Crippen LogP contribution in [0, 0.1) is 0 Å². The highest BCUT2D eigenvalue weighted by Crippen LogP contribution is 2.18. The van der Waals surface area contributed by atoms with Gasteiger partial charge in [-0.3, -0.25) is 9.59 Å². The molecule has 404 valence electrons. The minimum absolute atomic E-state index is 0.00985. The van der Waals surface area contributed by atoms with Crippen LogP contribution in [0.2, 0.25) is 0 Å². The van der Waals surface area contributed by atoms with Crippen LogP contribution in [0.25, 0.3) is 0 Å². The van der Waals surface area contributed by atoms with Crippen molar-refractivity contribution in [3.63, 3.8) is 0 Å². The van der Waals surface area contributed by atoms with Crippen LogP contribution in [-0.2, 0) is 14.3 Å². The molecule has 2 atom stereocenters. The molecule has 2 unspecified atom stereocenters. The summed E-state index contributed by atoms with van der Waals surface area (Å²) < 4.78 is 5.48. The van der Waals surface area contributed by atoms with Crippen LogP contribution in [0.3, 0.4) is 0 Å². The molecule has 0 aromatic heterocycles. The van der Waals surface area contributed by atoms with E-state index in [2.05, 4.69) is 19.2 Å². The van der Waals surface area contributed by atoms with Crippen molar-refractivity contribution in [2.75, 3.05) is 13.2 Å². The number of amides is 1. The van der Waals surface area contributed by atoms with E-state index in [0.29, 0.717) is 19.4 Å². The van der Waals surface area contributed by atoms with E-state index in [0.717, 1.165) is 57.8 Å². The number of hydrogen-bond donors (Lipinski definition) is 3. The molecule has 0 aliphatic heterocycles. The number of allylic oxidation sites excluding steroid dienone is 1. The Hall–Kier alpha value is -1.40. The Balaban J connectivity index is 3.46. The van der Waals surface area contributed by atoms with Crippen LogP contribution < -0.4 is 5.32 Å². The van der Waals surface area contributed by atoms with Gasteiger partial charge in [-0.05, 0) is 32.1 Å². The summed E-state index contributed by atoms with van der Waals surface area (Å²) in [5.41, 5.74) is 0. The van der Waals surface area contributed by atoms with Crippen LogP contribution in [0.15, 0.2) is 12.2 Å². The molecule has 6 heteroatoms. The first-order valence-corrected chi connectivity index (χ1v) is 31.0. The molecular weight excluding hydrogens is 839 g/mol. The number of unbranched alkanes of at least 4 members (excludes halogenated alkanes) is 47. The smallest absolute Gasteiger partial charge is 0.305 e. The molecule has 6 nitrogen and oxygen atoms in total. The van der Waals surface area contributed by atoms with E-state index in [1.807, 2.05) is 6.08 Å². The summed E-state index contributed by atoms with van der Waals surface area (Å²) in [6.45, 7) is 4.90. The Morgan fingerprint density at radius 3 is 1.00 bits per heavy atom. The van der Waals surface area contributed by atoms with Crippen molar-refractivity contribution in [3.8, 4) is 0 Å². The second-order valence-electron chi connectivity index (χ2n) is 21.4. The van der Waals surface area contributed by atoms with Crippen LogP contribution in [0.1, 0.15) is 348 Å². The minimum Gasteiger partial charge on any atom is -0.466 e. The molecule has 0 aliphatic carbocycles.